The van der Waals surface area contributed by atoms with Gasteiger partial charge in [0.2, 0.25) is 15.9 Å². The van der Waals surface area contributed by atoms with Crippen LogP contribution in [0, 0.1) is 10.1 Å². The first-order valence-electron chi connectivity index (χ1n) is 7.18. The van der Waals surface area contributed by atoms with Gasteiger partial charge in [0.1, 0.15) is 0 Å². The van der Waals surface area contributed by atoms with Crippen LogP contribution in [0.2, 0.25) is 10.0 Å². The van der Waals surface area contributed by atoms with Crippen LogP contribution in [0.4, 0.5) is 11.4 Å². The molecule has 0 aliphatic heterocycles. The molecule has 2 aromatic carbocycles. The first-order valence-corrected chi connectivity index (χ1v) is 9.42. The Hall–Kier alpha value is -2.20. The molecule has 8 nitrogen and oxygen atoms in total. The SMILES string of the molecule is O=C(CCNS(=O)(=O)c1ccc([N+](=O)[O-])cc1)Nc1cc(Cl)ccc1Cl. The molecule has 0 bridgehead atoms. The molecule has 0 spiro atoms. The molecule has 0 radical (unpaired) electrons. The Morgan fingerprint density at radius 3 is 2.38 bits per heavy atom. The smallest absolute Gasteiger partial charge is 0.269 e. The molecule has 26 heavy (non-hydrogen) atoms. The van der Waals surface area contributed by atoms with Gasteiger partial charge in [-0.15, -0.1) is 0 Å². The number of sulfonamides is 1. The van der Waals surface area contributed by atoms with Gasteiger partial charge in [0, 0.05) is 30.1 Å². The molecule has 0 aliphatic carbocycles. The number of nitro groups is 1. The maximum atomic E-state index is 12.1. The molecule has 11 heteroatoms. The maximum Gasteiger partial charge on any atom is 0.269 e. The highest BCUT2D eigenvalue weighted by molar-refractivity contribution is 7.89. The van der Waals surface area contributed by atoms with Crippen LogP contribution in [0.25, 0.3) is 0 Å². The van der Waals surface area contributed by atoms with Crippen molar-refractivity contribution in [2.45, 2.75) is 11.3 Å². The van der Waals surface area contributed by atoms with Crippen molar-refractivity contribution >= 4 is 50.5 Å². The Kier molecular flexibility index (Phi) is 6.54. The van der Waals surface area contributed by atoms with Crippen LogP contribution in [0.5, 0.6) is 0 Å². The highest BCUT2D eigenvalue weighted by Gasteiger charge is 2.16. The van der Waals surface area contributed by atoms with Gasteiger partial charge in [-0.3, -0.25) is 14.9 Å². The second-order valence-corrected chi connectivity index (χ2v) is 7.68. The lowest BCUT2D eigenvalue weighted by Crippen LogP contribution is -2.27. The zero-order valence-electron chi connectivity index (χ0n) is 13.1. The Labute approximate surface area is 159 Å². The number of carbonyl (C=O) groups is 1. The van der Waals surface area contributed by atoms with E-state index in [1.54, 1.807) is 6.07 Å². The predicted octanol–water partition coefficient (Wildman–Crippen LogP) is 3.21. The van der Waals surface area contributed by atoms with Crippen molar-refractivity contribution in [3.05, 3.63) is 62.6 Å². The van der Waals surface area contributed by atoms with E-state index >= 15 is 0 Å². The van der Waals surface area contributed by atoms with Crippen molar-refractivity contribution in [1.29, 1.82) is 0 Å². The zero-order valence-corrected chi connectivity index (χ0v) is 15.4. The second kappa shape index (κ2) is 8.45. The Balaban J connectivity index is 1.92. The minimum Gasteiger partial charge on any atom is -0.325 e. The highest BCUT2D eigenvalue weighted by Crippen LogP contribution is 2.25. The molecule has 0 heterocycles. The number of nitrogens with one attached hydrogen (secondary N) is 2. The number of amides is 1. The lowest BCUT2D eigenvalue weighted by atomic mass is 10.3. The van der Waals surface area contributed by atoms with Gasteiger partial charge in [0.25, 0.3) is 5.69 Å². The number of carbonyl (C=O) groups excluding carboxylic acids is 1. The standard InChI is InChI=1S/C15H13Cl2N3O5S/c16-10-1-6-13(17)14(9-10)19-15(21)7-8-18-26(24,25)12-4-2-11(3-5-12)20(22)23/h1-6,9,18H,7-8H2,(H,19,21). The van der Waals surface area contributed by atoms with Crippen LogP contribution >= 0.6 is 23.2 Å². The lowest BCUT2D eigenvalue weighted by Gasteiger charge is -2.09. The van der Waals surface area contributed by atoms with Crippen LogP contribution in [0.1, 0.15) is 6.42 Å². The third-order valence-electron chi connectivity index (χ3n) is 3.20. The fraction of sp³-hybridized carbons (Fsp3) is 0.133. The Morgan fingerprint density at radius 2 is 1.77 bits per heavy atom. The molecule has 0 saturated heterocycles. The van der Waals surface area contributed by atoms with Gasteiger partial charge in [0.15, 0.2) is 0 Å². The summed E-state index contributed by atoms with van der Waals surface area (Å²) in [7, 11) is -3.89. The van der Waals surface area contributed by atoms with E-state index in [0.717, 1.165) is 24.3 Å². The number of anilines is 1. The summed E-state index contributed by atoms with van der Waals surface area (Å²) in [5.41, 5.74) is 0.101. The van der Waals surface area contributed by atoms with Crippen molar-refractivity contribution in [2.24, 2.45) is 0 Å². The van der Waals surface area contributed by atoms with E-state index in [9.17, 15) is 23.3 Å². The normalized spacial score (nSPS) is 11.2. The monoisotopic (exact) mass is 417 g/mol. The molecule has 2 aromatic rings. The van der Waals surface area contributed by atoms with Crippen LogP contribution in [0.15, 0.2) is 47.4 Å². The number of hydrogen-bond acceptors (Lipinski definition) is 5. The Morgan fingerprint density at radius 1 is 1.12 bits per heavy atom. The van der Waals surface area contributed by atoms with Crippen LogP contribution < -0.4 is 10.0 Å². The predicted molar refractivity (Wildman–Crippen MR) is 98.0 cm³/mol. The highest BCUT2D eigenvalue weighted by atomic mass is 35.5. The molecule has 1 amide bonds. The van der Waals surface area contributed by atoms with Crippen molar-refractivity contribution in [2.75, 3.05) is 11.9 Å². The van der Waals surface area contributed by atoms with E-state index in [0.29, 0.717) is 15.7 Å². The molecule has 138 valence electrons. The summed E-state index contributed by atoms with van der Waals surface area (Å²) in [6, 6.07) is 8.97. The van der Waals surface area contributed by atoms with Crippen molar-refractivity contribution in [3.63, 3.8) is 0 Å². The number of benzene rings is 2. The second-order valence-electron chi connectivity index (χ2n) is 5.07. The van der Waals surface area contributed by atoms with Crippen molar-refractivity contribution in [1.82, 2.24) is 4.72 Å². The number of halogens is 2. The summed E-state index contributed by atoms with van der Waals surface area (Å²) in [6.45, 7) is -0.163. The van der Waals surface area contributed by atoms with Gasteiger partial charge >= 0.3 is 0 Å². The number of rotatable bonds is 7. The van der Waals surface area contributed by atoms with Gasteiger partial charge in [-0.25, -0.2) is 13.1 Å². The van der Waals surface area contributed by atoms with Gasteiger partial charge in [-0.1, -0.05) is 23.2 Å². The largest absolute Gasteiger partial charge is 0.325 e. The third kappa shape index (κ3) is 5.40. The van der Waals surface area contributed by atoms with E-state index < -0.39 is 20.9 Å². The topological polar surface area (TPSA) is 118 Å². The van der Waals surface area contributed by atoms with E-state index in [2.05, 4.69) is 10.0 Å². The van der Waals surface area contributed by atoms with Crippen LogP contribution in [-0.4, -0.2) is 25.8 Å². The summed E-state index contributed by atoms with van der Waals surface area (Å²) in [5, 5.41) is 13.8. The molecule has 2 rings (SSSR count). The zero-order chi connectivity index (χ0) is 19.3. The number of hydrogen-bond donors (Lipinski definition) is 2. The molecule has 0 aliphatic rings. The number of non-ortho nitro benzene ring substituents is 1. The van der Waals surface area contributed by atoms with Gasteiger partial charge < -0.3 is 5.32 Å². The Bertz CT molecular complexity index is 933. The third-order valence-corrected chi connectivity index (χ3v) is 5.25. The summed E-state index contributed by atoms with van der Waals surface area (Å²) in [4.78, 5) is 21.7. The lowest BCUT2D eigenvalue weighted by molar-refractivity contribution is -0.384. The number of nitro benzene ring substituents is 1. The van der Waals surface area contributed by atoms with Crippen molar-refractivity contribution in [3.8, 4) is 0 Å². The number of nitrogens with zero attached hydrogens (tertiary/aromatic N) is 1. The summed E-state index contributed by atoms with van der Waals surface area (Å²) in [5.74, 6) is -0.458. The summed E-state index contributed by atoms with van der Waals surface area (Å²) in [6.07, 6.45) is -0.144. The summed E-state index contributed by atoms with van der Waals surface area (Å²) >= 11 is 11.7. The minimum atomic E-state index is -3.89. The van der Waals surface area contributed by atoms with Gasteiger partial charge in [-0.05, 0) is 30.3 Å². The first-order chi connectivity index (χ1) is 12.2. The van der Waals surface area contributed by atoms with E-state index in [-0.39, 0.29) is 23.5 Å². The average molecular weight is 418 g/mol. The van der Waals surface area contributed by atoms with E-state index in [1.807, 2.05) is 0 Å². The first kappa shape index (κ1) is 20.1. The summed E-state index contributed by atoms with van der Waals surface area (Å²) < 4.78 is 26.5. The molecular weight excluding hydrogens is 405 g/mol. The quantitative estimate of drug-likeness (QED) is 0.529. The van der Waals surface area contributed by atoms with E-state index in [4.69, 9.17) is 23.2 Å². The van der Waals surface area contributed by atoms with Crippen LogP contribution in [-0.2, 0) is 14.8 Å². The van der Waals surface area contributed by atoms with Gasteiger partial charge in [0.05, 0.1) is 20.5 Å². The average Bonchev–Trinajstić information content (AvgIpc) is 2.58. The molecule has 0 saturated carbocycles. The molecule has 0 aromatic heterocycles. The molecule has 2 N–H and O–H groups in total. The van der Waals surface area contributed by atoms with Gasteiger partial charge in [-0.2, -0.15) is 0 Å². The molecule has 0 fully saturated rings. The minimum absolute atomic E-state index is 0.138. The fourth-order valence-corrected chi connectivity index (χ4v) is 3.30. The maximum absolute atomic E-state index is 12.1. The molecular formula is C15H13Cl2N3O5S. The van der Waals surface area contributed by atoms with Crippen molar-refractivity contribution < 1.29 is 18.1 Å². The molecule has 0 unspecified atom stereocenters. The van der Waals surface area contributed by atoms with Crippen LogP contribution in [0.3, 0.4) is 0 Å². The fourth-order valence-electron chi connectivity index (χ4n) is 1.94. The molecule has 0 atom stereocenters. The van der Waals surface area contributed by atoms with E-state index in [1.165, 1.54) is 12.1 Å².